The van der Waals surface area contributed by atoms with E-state index in [4.69, 9.17) is 35.9 Å². The van der Waals surface area contributed by atoms with Crippen molar-refractivity contribution < 1.29 is 29.5 Å². The Kier molecular flexibility index (Phi) is 59.8. The first kappa shape index (κ1) is 70.2. The first-order valence-electron chi connectivity index (χ1n) is 29.4. The summed E-state index contributed by atoms with van der Waals surface area (Å²) in [5, 5.41) is 27.9. The molecule has 0 unspecified atom stereocenters. The second-order valence-corrected chi connectivity index (χ2v) is 20.1. The van der Waals surface area contributed by atoms with Crippen molar-refractivity contribution in [2.24, 2.45) is 11.5 Å². The van der Waals surface area contributed by atoms with Crippen molar-refractivity contribution in [1.82, 2.24) is 0 Å². The molecular formula is C62H118N2O6. The standard InChI is InChI=1S/C40H75NO3.C22H43NO3/c1-3-5-7-9-11-13-15-17-19-21-23-25-27-29-31-33-35-43-38-40(41,37-42)39-44-36-34-32-30-28-26-24-22-20-18-16-14-12-10-8-6-4-2;1-2-3-4-5-6-7-8-9-10-11-12-13-14-15-16-17-18-26-21-22(23,19-24)20-25/h11-14,17-20,42H,3-10,15-16,21-39,41H2,1-2H3;6-7,9-10,24-25H,2-5,8,11-21,23H2,1H3/b13-11-,14-12-,19-17-,20-18-;7-6-,10-9-. The molecule has 70 heavy (non-hydrogen) atoms. The number of aliphatic hydroxyl groups excluding tert-OH is 3. The van der Waals surface area contributed by atoms with Crippen LogP contribution in [0.5, 0.6) is 0 Å². The summed E-state index contributed by atoms with van der Waals surface area (Å²) in [4.78, 5) is 0. The molecule has 0 aliphatic carbocycles. The summed E-state index contributed by atoms with van der Waals surface area (Å²) >= 11 is 0. The number of unbranched alkanes of at least 4 members (excludes halogenated alkanes) is 27. The normalized spacial score (nSPS) is 12.7. The Bertz CT molecular complexity index is 1130. The van der Waals surface area contributed by atoms with Crippen molar-refractivity contribution >= 4 is 0 Å². The maximum atomic E-state index is 9.77. The molecule has 0 bridgehead atoms. The molecule has 7 N–H and O–H groups in total. The van der Waals surface area contributed by atoms with Crippen molar-refractivity contribution in [3.05, 3.63) is 72.9 Å². The van der Waals surface area contributed by atoms with Gasteiger partial charge in [-0.25, -0.2) is 0 Å². The Morgan fingerprint density at radius 1 is 0.286 bits per heavy atom. The molecule has 0 saturated carbocycles. The second kappa shape index (κ2) is 59.7. The van der Waals surface area contributed by atoms with Gasteiger partial charge in [-0.3, -0.25) is 0 Å². The largest absolute Gasteiger partial charge is 0.394 e. The average Bonchev–Trinajstić information content (AvgIpc) is 3.37. The number of allylic oxidation sites excluding steroid dienone is 12. The van der Waals surface area contributed by atoms with E-state index in [0.29, 0.717) is 33.0 Å². The lowest BCUT2D eigenvalue weighted by Gasteiger charge is -2.26. The highest BCUT2D eigenvalue weighted by Crippen LogP contribution is 2.13. The third-order valence-corrected chi connectivity index (χ3v) is 12.6. The Morgan fingerprint density at radius 2 is 0.500 bits per heavy atom. The fraction of sp³-hybridized carbons (Fsp3) is 0.806. The van der Waals surface area contributed by atoms with Gasteiger partial charge in [0.2, 0.25) is 0 Å². The molecule has 0 fully saturated rings. The Hall–Kier alpha value is -1.88. The van der Waals surface area contributed by atoms with Gasteiger partial charge in [-0.2, -0.15) is 0 Å². The molecule has 0 aromatic heterocycles. The van der Waals surface area contributed by atoms with Crippen LogP contribution in [0.2, 0.25) is 0 Å². The van der Waals surface area contributed by atoms with E-state index in [-0.39, 0.29) is 26.4 Å². The SMILES string of the molecule is CCCCC/C=C\C/C=C\CCCCCCCCOCC(N)(CO)CO.CCCCC/C=C\C/C=C\CCCCCCCCOCC(N)(CO)COCCCCCCCC/C=C\C/C=C\CCCCC. The van der Waals surface area contributed by atoms with E-state index in [1.807, 2.05) is 0 Å². The van der Waals surface area contributed by atoms with Crippen LogP contribution in [0, 0.1) is 0 Å². The summed E-state index contributed by atoms with van der Waals surface area (Å²) in [6, 6.07) is 0. The molecule has 0 radical (unpaired) electrons. The quantitative estimate of drug-likeness (QED) is 0.0300. The molecule has 0 heterocycles. The molecular weight excluding hydrogens is 869 g/mol. The highest BCUT2D eigenvalue weighted by atomic mass is 16.5. The molecule has 0 rings (SSSR count). The molecule has 0 spiro atoms. The molecule has 0 aliphatic heterocycles. The van der Waals surface area contributed by atoms with Gasteiger partial charge in [0.05, 0.1) is 50.7 Å². The molecule has 0 aliphatic rings. The molecule has 8 nitrogen and oxygen atoms in total. The molecule has 0 aromatic carbocycles. The Balaban J connectivity index is 0. The summed E-state index contributed by atoms with van der Waals surface area (Å²) < 4.78 is 17.1. The van der Waals surface area contributed by atoms with Gasteiger partial charge in [0, 0.05) is 19.8 Å². The Labute approximate surface area is 434 Å². The first-order valence-corrected chi connectivity index (χ1v) is 29.4. The zero-order valence-electron chi connectivity index (χ0n) is 46.5. The van der Waals surface area contributed by atoms with E-state index in [2.05, 4.69) is 93.7 Å². The average molecular weight is 988 g/mol. The fourth-order valence-electron chi connectivity index (χ4n) is 7.68. The van der Waals surface area contributed by atoms with Crippen molar-refractivity contribution in [3.63, 3.8) is 0 Å². The van der Waals surface area contributed by atoms with Gasteiger partial charge in [-0.05, 0) is 116 Å². The minimum absolute atomic E-state index is 0.111. The lowest BCUT2D eigenvalue weighted by molar-refractivity contribution is -0.00367. The van der Waals surface area contributed by atoms with Gasteiger partial charge in [0.25, 0.3) is 0 Å². The van der Waals surface area contributed by atoms with E-state index in [0.717, 1.165) is 44.9 Å². The van der Waals surface area contributed by atoms with Gasteiger partial charge in [-0.1, -0.05) is 209 Å². The predicted molar refractivity (Wildman–Crippen MR) is 306 cm³/mol. The number of nitrogens with two attached hydrogens (primary N) is 2. The van der Waals surface area contributed by atoms with Crippen LogP contribution in [0.25, 0.3) is 0 Å². The smallest absolute Gasteiger partial charge is 0.0862 e. The zero-order chi connectivity index (χ0) is 51.4. The van der Waals surface area contributed by atoms with Crippen LogP contribution < -0.4 is 11.5 Å². The highest BCUT2D eigenvalue weighted by molar-refractivity contribution is 4.94. The van der Waals surface area contributed by atoms with E-state index in [1.54, 1.807) is 0 Å². The van der Waals surface area contributed by atoms with Gasteiger partial charge < -0.3 is 41.0 Å². The van der Waals surface area contributed by atoms with Crippen molar-refractivity contribution in [1.29, 1.82) is 0 Å². The summed E-state index contributed by atoms with van der Waals surface area (Å²) in [6.45, 7) is 9.11. The van der Waals surface area contributed by atoms with E-state index in [9.17, 15) is 5.11 Å². The van der Waals surface area contributed by atoms with Crippen molar-refractivity contribution in [2.75, 3.05) is 59.5 Å². The van der Waals surface area contributed by atoms with E-state index < -0.39 is 11.1 Å². The molecule has 0 aromatic rings. The third-order valence-electron chi connectivity index (χ3n) is 12.6. The number of aliphatic hydroxyl groups is 3. The van der Waals surface area contributed by atoms with Gasteiger partial charge in [-0.15, -0.1) is 0 Å². The summed E-state index contributed by atoms with van der Waals surface area (Å²) in [5.41, 5.74) is 10.3. The molecule has 8 heteroatoms. The van der Waals surface area contributed by atoms with Gasteiger partial charge in [0.15, 0.2) is 0 Å². The lowest BCUT2D eigenvalue weighted by atomic mass is 10.1. The number of hydrogen-bond acceptors (Lipinski definition) is 8. The minimum atomic E-state index is -1.00. The highest BCUT2D eigenvalue weighted by Gasteiger charge is 2.25. The number of rotatable bonds is 54. The van der Waals surface area contributed by atoms with Crippen molar-refractivity contribution in [3.8, 4) is 0 Å². The van der Waals surface area contributed by atoms with Crippen LogP contribution in [0.1, 0.15) is 252 Å². The second-order valence-electron chi connectivity index (χ2n) is 20.1. The number of hydrogen-bond donors (Lipinski definition) is 5. The molecule has 0 amide bonds. The van der Waals surface area contributed by atoms with Crippen LogP contribution in [-0.4, -0.2) is 85.9 Å². The van der Waals surface area contributed by atoms with Crippen LogP contribution in [0.15, 0.2) is 72.9 Å². The molecule has 0 atom stereocenters. The van der Waals surface area contributed by atoms with Gasteiger partial charge in [0.1, 0.15) is 0 Å². The first-order chi connectivity index (χ1) is 34.4. The Morgan fingerprint density at radius 3 is 0.743 bits per heavy atom. The number of ether oxygens (including phenoxy) is 3. The third kappa shape index (κ3) is 57.0. The van der Waals surface area contributed by atoms with Crippen molar-refractivity contribution in [2.45, 2.75) is 263 Å². The maximum absolute atomic E-state index is 9.77. The maximum Gasteiger partial charge on any atom is 0.0862 e. The predicted octanol–water partition coefficient (Wildman–Crippen LogP) is 15.8. The van der Waals surface area contributed by atoms with Crippen LogP contribution >= 0.6 is 0 Å². The zero-order valence-corrected chi connectivity index (χ0v) is 46.5. The summed E-state index contributed by atoms with van der Waals surface area (Å²) in [6.07, 6.45) is 72.2. The fourth-order valence-corrected chi connectivity index (χ4v) is 7.68. The monoisotopic (exact) mass is 987 g/mol. The molecule has 0 saturated heterocycles. The minimum Gasteiger partial charge on any atom is -0.394 e. The van der Waals surface area contributed by atoms with Crippen LogP contribution in [0.3, 0.4) is 0 Å². The van der Waals surface area contributed by atoms with E-state index in [1.165, 1.54) is 186 Å². The van der Waals surface area contributed by atoms with Gasteiger partial charge >= 0.3 is 0 Å². The summed E-state index contributed by atoms with van der Waals surface area (Å²) in [5.74, 6) is 0. The van der Waals surface area contributed by atoms with Crippen LogP contribution in [-0.2, 0) is 14.2 Å². The van der Waals surface area contributed by atoms with E-state index >= 15 is 0 Å². The topological polar surface area (TPSA) is 140 Å². The lowest BCUT2D eigenvalue weighted by Crippen LogP contribution is -2.52. The molecule has 412 valence electrons. The summed E-state index contributed by atoms with van der Waals surface area (Å²) in [7, 11) is 0. The van der Waals surface area contributed by atoms with Crippen LogP contribution in [0.4, 0.5) is 0 Å².